The number of hydrogen-bond acceptors (Lipinski definition) is 2. The van der Waals surface area contributed by atoms with Crippen LogP contribution in [0.1, 0.15) is 34.6 Å². The first-order chi connectivity index (χ1) is 5.92. The Bertz CT molecular complexity index is 227. The van der Waals surface area contributed by atoms with Crippen molar-refractivity contribution in [1.82, 2.24) is 5.43 Å². The van der Waals surface area contributed by atoms with Gasteiger partial charge in [0.05, 0.1) is 14.1 Å². The number of rotatable bonds is 3. The molecule has 0 saturated heterocycles. The van der Waals surface area contributed by atoms with Gasteiger partial charge >= 0.3 is 0 Å². The molecular formula is C10H23N2O2+. The number of nitrogens with zero attached hydrogens (tertiary/aromatic N) is 1. The van der Waals surface area contributed by atoms with Crippen LogP contribution in [-0.4, -0.2) is 40.8 Å². The summed E-state index contributed by atoms with van der Waals surface area (Å²) in [5.41, 5.74) is 1.45. The number of carbonyl (C=O) groups is 1. The van der Waals surface area contributed by atoms with E-state index in [1.165, 1.54) is 6.92 Å². The SMILES string of the molecule is CC(=O)N[N+](C)(C)C(C)(C)C(C)(C)O. The summed E-state index contributed by atoms with van der Waals surface area (Å²) in [6.07, 6.45) is 0. The van der Waals surface area contributed by atoms with E-state index in [2.05, 4.69) is 5.43 Å². The molecule has 2 N–H and O–H groups in total. The van der Waals surface area contributed by atoms with Gasteiger partial charge in [0, 0.05) is 6.92 Å². The van der Waals surface area contributed by atoms with Crippen molar-refractivity contribution in [1.29, 1.82) is 0 Å². The van der Waals surface area contributed by atoms with E-state index in [4.69, 9.17) is 0 Å². The highest BCUT2D eigenvalue weighted by molar-refractivity contribution is 5.71. The van der Waals surface area contributed by atoms with Crippen LogP contribution >= 0.6 is 0 Å². The van der Waals surface area contributed by atoms with E-state index in [9.17, 15) is 9.90 Å². The lowest BCUT2D eigenvalue weighted by Crippen LogP contribution is -2.72. The molecule has 0 aliphatic rings. The highest BCUT2D eigenvalue weighted by Gasteiger charge is 2.49. The molecule has 14 heavy (non-hydrogen) atoms. The van der Waals surface area contributed by atoms with Crippen LogP contribution in [0.4, 0.5) is 0 Å². The molecule has 0 spiro atoms. The van der Waals surface area contributed by atoms with E-state index in [1.807, 2.05) is 27.9 Å². The molecule has 0 saturated carbocycles. The van der Waals surface area contributed by atoms with Gasteiger partial charge in [0.25, 0.3) is 5.91 Å². The molecule has 0 fully saturated rings. The van der Waals surface area contributed by atoms with Gasteiger partial charge in [-0.1, -0.05) is 0 Å². The molecule has 0 aromatic heterocycles. The molecule has 0 aromatic carbocycles. The molecule has 4 heteroatoms. The average molecular weight is 203 g/mol. The first-order valence-corrected chi connectivity index (χ1v) is 4.77. The maximum Gasteiger partial charge on any atom is 0.261 e. The molecule has 4 nitrogen and oxygen atoms in total. The van der Waals surface area contributed by atoms with Gasteiger partial charge in [-0.05, 0) is 27.7 Å². The Morgan fingerprint density at radius 3 is 1.79 bits per heavy atom. The first kappa shape index (κ1) is 13.4. The van der Waals surface area contributed by atoms with Gasteiger partial charge in [0.2, 0.25) is 0 Å². The minimum Gasteiger partial charge on any atom is -0.384 e. The fourth-order valence-corrected chi connectivity index (χ4v) is 1.22. The maximum atomic E-state index is 11.0. The summed E-state index contributed by atoms with van der Waals surface area (Å²) in [6, 6.07) is 0. The Morgan fingerprint density at radius 2 is 1.57 bits per heavy atom. The van der Waals surface area contributed by atoms with Gasteiger partial charge in [0.15, 0.2) is 0 Å². The van der Waals surface area contributed by atoms with Crippen molar-refractivity contribution in [3.63, 3.8) is 0 Å². The molecule has 0 aliphatic heterocycles. The van der Waals surface area contributed by atoms with Gasteiger partial charge in [-0.3, -0.25) is 4.79 Å². The summed E-state index contributed by atoms with van der Waals surface area (Å²) in [5, 5.41) is 10.0. The van der Waals surface area contributed by atoms with Crippen LogP contribution in [0.5, 0.6) is 0 Å². The van der Waals surface area contributed by atoms with Gasteiger partial charge < -0.3 is 5.11 Å². The summed E-state index contributed by atoms with van der Waals surface area (Å²) >= 11 is 0. The predicted molar refractivity (Wildman–Crippen MR) is 56.3 cm³/mol. The van der Waals surface area contributed by atoms with E-state index in [1.54, 1.807) is 13.8 Å². The van der Waals surface area contributed by atoms with Crippen LogP contribution in [0.15, 0.2) is 0 Å². The quantitative estimate of drug-likeness (QED) is 0.523. The fraction of sp³-hybridized carbons (Fsp3) is 0.900. The minimum absolute atomic E-state index is 0.104. The van der Waals surface area contributed by atoms with Crippen molar-refractivity contribution in [3.05, 3.63) is 0 Å². The van der Waals surface area contributed by atoms with Crippen molar-refractivity contribution >= 4 is 5.91 Å². The normalized spacial score (nSPS) is 14.0. The van der Waals surface area contributed by atoms with E-state index in [0.29, 0.717) is 0 Å². The van der Waals surface area contributed by atoms with E-state index >= 15 is 0 Å². The lowest BCUT2D eigenvalue weighted by molar-refractivity contribution is -0.977. The number of quaternary nitrogens is 1. The van der Waals surface area contributed by atoms with Crippen LogP contribution in [0.25, 0.3) is 0 Å². The van der Waals surface area contributed by atoms with Crippen molar-refractivity contribution in [2.75, 3.05) is 14.1 Å². The zero-order chi connectivity index (χ0) is 11.8. The van der Waals surface area contributed by atoms with Crippen LogP contribution in [0.3, 0.4) is 0 Å². The highest BCUT2D eigenvalue weighted by atomic mass is 16.3. The maximum absolute atomic E-state index is 11.0. The molecule has 84 valence electrons. The van der Waals surface area contributed by atoms with Crippen LogP contribution in [0.2, 0.25) is 0 Å². The topological polar surface area (TPSA) is 49.3 Å². The smallest absolute Gasteiger partial charge is 0.261 e. The second kappa shape index (κ2) is 3.51. The largest absolute Gasteiger partial charge is 0.384 e. The monoisotopic (exact) mass is 203 g/mol. The first-order valence-electron chi connectivity index (χ1n) is 4.77. The van der Waals surface area contributed by atoms with Gasteiger partial charge in [-0.25, -0.2) is 10.0 Å². The molecule has 0 heterocycles. The number of amides is 1. The number of hydrogen-bond donors (Lipinski definition) is 2. The Balaban J connectivity index is 4.97. The van der Waals surface area contributed by atoms with Crippen LogP contribution < -0.4 is 5.43 Å². The number of likely N-dealkylation sites (N-methyl/N-ethyl adjacent to an activating group) is 1. The van der Waals surface area contributed by atoms with E-state index in [-0.39, 0.29) is 10.5 Å². The van der Waals surface area contributed by atoms with Gasteiger partial charge in [0.1, 0.15) is 11.1 Å². The van der Waals surface area contributed by atoms with Crippen molar-refractivity contribution in [2.45, 2.75) is 45.8 Å². The number of nitrogens with one attached hydrogen (secondary N) is 1. The molecule has 0 aromatic rings. The second-order valence-electron chi connectivity index (χ2n) is 5.24. The number of aliphatic hydroxyl groups is 1. The highest BCUT2D eigenvalue weighted by Crippen LogP contribution is 2.29. The summed E-state index contributed by atoms with van der Waals surface area (Å²) in [7, 11) is 3.72. The van der Waals surface area contributed by atoms with Crippen LogP contribution in [-0.2, 0) is 4.79 Å². The molecule has 0 aliphatic carbocycles. The molecule has 1 amide bonds. The summed E-state index contributed by atoms with van der Waals surface area (Å²) in [6.45, 7) is 8.80. The third kappa shape index (κ3) is 2.45. The Hall–Kier alpha value is -0.610. The standard InChI is InChI=1S/C10H22N2O2/c1-8(13)11-12(6,7)9(2,3)10(4,5)14/h14H,1-7H3/p+1. The summed E-state index contributed by atoms with van der Waals surface area (Å²) < 4.78 is 0.242. The third-order valence-electron chi connectivity index (χ3n) is 3.33. The van der Waals surface area contributed by atoms with Crippen molar-refractivity contribution < 1.29 is 14.5 Å². The van der Waals surface area contributed by atoms with Gasteiger partial charge in [-0.2, -0.15) is 0 Å². The van der Waals surface area contributed by atoms with Crippen LogP contribution in [0, 0.1) is 0 Å². The molecular weight excluding hydrogens is 180 g/mol. The zero-order valence-corrected chi connectivity index (χ0v) is 10.3. The molecule has 0 rings (SSSR count). The molecule has 0 radical (unpaired) electrons. The summed E-state index contributed by atoms with van der Waals surface area (Å²) in [4.78, 5) is 11.0. The molecule has 0 unspecified atom stereocenters. The Kier molecular flexibility index (Phi) is 3.36. The second-order valence-corrected chi connectivity index (χ2v) is 5.24. The Morgan fingerprint density at radius 1 is 1.21 bits per heavy atom. The number of carbonyl (C=O) groups excluding carboxylic acids is 1. The molecule has 0 bridgehead atoms. The van der Waals surface area contributed by atoms with E-state index < -0.39 is 11.1 Å². The van der Waals surface area contributed by atoms with Gasteiger partial charge in [-0.15, -0.1) is 0 Å². The average Bonchev–Trinajstić information content (AvgIpc) is 1.80. The predicted octanol–water partition coefficient (Wildman–Crippen LogP) is 0.663. The summed E-state index contributed by atoms with van der Waals surface area (Å²) in [5.74, 6) is -0.104. The lowest BCUT2D eigenvalue weighted by atomic mass is 9.84. The molecule has 0 atom stereocenters. The third-order valence-corrected chi connectivity index (χ3v) is 3.33. The lowest BCUT2D eigenvalue weighted by Gasteiger charge is -2.49. The van der Waals surface area contributed by atoms with Crippen molar-refractivity contribution in [2.24, 2.45) is 0 Å². The van der Waals surface area contributed by atoms with E-state index in [0.717, 1.165) is 0 Å². The fourth-order valence-electron chi connectivity index (χ4n) is 1.22. The zero-order valence-electron chi connectivity index (χ0n) is 10.3. The minimum atomic E-state index is -0.876. The van der Waals surface area contributed by atoms with Crippen molar-refractivity contribution in [3.8, 4) is 0 Å². The Labute approximate surface area is 86.5 Å².